The van der Waals surface area contributed by atoms with Gasteiger partial charge < -0.3 is 5.73 Å². The molecule has 0 radical (unpaired) electrons. The number of thioether (sulfide) groups is 1. The lowest BCUT2D eigenvalue weighted by atomic mass is 10.3. The molecule has 1 aliphatic heterocycles. The lowest BCUT2D eigenvalue weighted by Gasteiger charge is -2.09. The van der Waals surface area contributed by atoms with Crippen LogP contribution in [0.5, 0.6) is 0 Å². The van der Waals surface area contributed by atoms with Gasteiger partial charge in [-0.1, -0.05) is 0 Å². The van der Waals surface area contributed by atoms with E-state index in [1.54, 1.807) is 11.8 Å². The van der Waals surface area contributed by atoms with Gasteiger partial charge in [0, 0.05) is 5.75 Å². The number of nitrogens with two attached hydrogens (primary N) is 1. The Morgan fingerprint density at radius 1 is 1.80 bits per heavy atom. The highest BCUT2D eigenvalue weighted by Crippen LogP contribution is 2.31. The standard InChI is InChI=1S/C6H10N2OS/c1-6(2)8-4(3-10-6)5(7)9/h3H2,1-2H3,(H2,7,9). The van der Waals surface area contributed by atoms with Crippen LogP contribution in [0.4, 0.5) is 0 Å². The fraction of sp³-hybridized carbons (Fsp3) is 0.667. The maximum absolute atomic E-state index is 10.6. The molecule has 2 N–H and O–H groups in total. The zero-order chi connectivity index (χ0) is 7.78. The Balaban J connectivity index is 2.76. The van der Waals surface area contributed by atoms with Crippen molar-refractivity contribution in [3.8, 4) is 0 Å². The third-order valence-electron chi connectivity index (χ3n) is 1.25. The molecular weight excluding hydrogens is 148 g/mol. The van der Waals surface area contributed by atoms with Gasteiger partial charge in [0.25, 0.3) is 5.91 Å². The SMILES string of the molecule is CC1(C)N=C(C(N)=O)CS1. The first-order chi connectivity index (χ1) is 4.51. The number of rotatable bonds is 1. The van der Waals surface area contributed by atoms with Crippen molar-refractivity contribution in [2.75, 3.05) is 5.75 Å². The number of carbonyl (C=O) groups is 1. The monoisotopic (exact) mass is 158 g/mol. The van der Waals surface area contributed by atoms with Gasteiger partial charge in [0.15, 0.2) is 0 Å². The van der Waals surface area contributed by atoms with Crippen LogP contribution in [0.3, 0.4) is 0 Å². The quantitative estimate of drug-likeness (QED) is 0.600. The zero-order valence-corrected chi connectivity index (χ0v) is 6.86. The fourth-order valence-electron chi connectivity index (χ4n) is 0.761. The molecule has 0 saturated carbocycles. The summed E-state index contributed by atoms with van der Waals surface area (Å²) < 4.78 is 0. The van der Waals surface area contributed by atoms with E-state index in [1.807, 2.05) is 13.8 Å². The van der Waals surface area contributed by atoms with Gasteiger partial charge >= 0.3 is 0 Å². The average Bonchev–Trinajstić information content (AvgIpc) is 2.10. The molecule has 10 heavy (non-hydrogen) atoms. The summed E-state index contributed by atoms with van der Waals surface area (Å²) in [5.74, 6) is 0.264. The second-order valence-corrected chi connectivity index (χ2v) is 4.23. The smallest absolute Gasteiger partial charge is 0.263 e. The van der Waals surface area contributed by atoms with Gasteiger partial charge in [-0.25, -0.2) is 0 Å². The highest BCUT2D eigenvalue weighted by atomic mass is 32.2. The van der Waals surface area contributed by atoms with Crippen LogP contribution in [0.1, 0.15) is 13.8 Å². The lowest BCUT2D eigenvalue weighted by molar-refractivity contribution is -0.112. The van der Waals surface area contributed by atoms with E-state index in [4.69, 9.17) is 5.73 Å². The third kappa shape index (κ3) is 1.50. The summed E-state index contributed by atoms with van der Waals surface area (Å²) in [5, 5.41) is 0. The molecule has 1 rings (SSSR count). The summed E-state index contributed by atoms with van der Waals surface area (Å²) in [6.07, 6.45) is 0. The summed E-state index contributed by atoms with van der Waals surface area (Å²) in [7, 11) is 0. The largest absolute Gasteiger partial charge is 0.365 e. The molecule has 0 aromatic rings. The first-order valence-corrected chi connectivity index (χ1v) is 4.02. The molecule has 0 unspecified atom stereocenters. The van der Waals surface area contributed by atoms with Gasteiger partial charge in [0.05, 0.1) is 0 Å². The molecule has 1 aliphatic rings. The van der Waals surface area contributed by atoms with Crippen molar-refractivity contribution in [3.63, 3.8) is 0 Å². The minimum Gasteiger partial charge on any atom is -0.365 e. The Morgan fingerprint density at radius 3 is 2.60 bits per heavy atom. The second kappa shape index (κ2) is 2.27. The van der Waals surface area contributed by atoms with Crippen LogP contribution in [0.25, 0.3) is 0 Å². The van der Waals surface area contributed by atoms with E-state index in [0.717, 1.165) is 0 Å². The number of amides is 1. The molecule has 1 heterocycles. The Bertz CT molecular complexity index is 198. The minimum absolute atomic E-state index is 0.148. The maximum atomic E-state index is 10.6. The molecular formula is C6H10N2OS. The van der Waals surface area contributed by atoms with Crippen LogP contribution in [-0.2, 0) is 4.79 Å². The Morgan fingerprint density at radius 2 is 2.40 bits per heavy atom. The van der Waals surface area contributed by atoms with E-state index < -0.39 is 5.91 Å². The molecule has 3 nitrogen and oxygen atoms in total. The van der Waals surface area contributed by atoms with Crippen molar-refractivity contribution >= 4 is 23.4 Å². The molecule has 1 amide bonds. The number of carbonyl (C=O) groups excluding carboxylic acids is 1. The molecule has 0 fully saturated rings. The van der Waals surface area contributed by atoms with Crippen LogP contribution in [0.2, 0.25) is 0 Å². The molecule has 56 valence electrons. The Labute approximate surface area is 64.1 Å². The molecule has 0 saturated heterocycles. The van der Waals surface area contributed by atoms with Gasteiger partial charge in [-0.15, -0.1) is 11.8 Å². The summed E-state index contributed by atoms with van der Waals surface area (Å²) in [6, 6.07) is 0. The second-order valence-electron chi connectivity index (χ2n) is 2.66. The first-order valence-electron chi connectivity index (χ1n) is 3.04. The molecule has 0 aromatic heterocycles. The van der Waals surface area contributed by atoms with Crippen LogP contribution < -0.4 is 5.73 Å². The zero-order valence-electron chi connectivity index (χ0n) is 6.05. The van der Waals surface area contributed by atoms with Crippen molar-refractivity contribution in [3.05, 3.63) is 0 Å². The van der Waals surface area contributed by atoms with Crippen molar-refractivity contribution in [2.45, 2.75) is 18.7 Å². The number of nitrogens with zero attached hydrogens (tertiary/aromatic N) is 1. The van der Waals surface area contributed by atoms with Gasteiger partial charge in [-0.05, 0) is 13.8 Å². The van der Waals surface area contributed by atoms with E-state index in [-0.39, 0.29) is 4.87 Å². The van der Waals surface area contributed by atoms with Crippen molar-refractivity contribution in [2.24, 2.45) is 10.7 Å². The molecule has 0 aromatic carbocycles. The summed E-state index contributed by atoms with van der Waals surface area (Å²) in [6.45, 7) is 3.93. The number of hydrogen-bond donors (Lipinski definition) is 1. The molecule has 0 atom stereocenters. The van der Waals surface area contributed by atoms with Crippen molar-refractivity contribution < 1.29 is 4.79 Å². The number of aliphatic imine (C=N–C) groups is 1. The normalized spacial score (nSPS) is 22.4. The van der Waals surface area contributed by atoms with Crippen molar-refractivity contribution in [1.82, 2.24) is 0 Å². The molecule has 0 bridgehead atoms. The minimum atomic E-state index is -0.391. The van der Waals surface area contributed by atoms with E-state index in [2.05, 4.69) is 4.99 Å². The number of hydrogen-bond acceptors (Lipinski definition) is 3. The summed E-state index contributed by atoms with van der Waals surface area (Å²) in [4.78, 5) is 14.5. The topological polar surface area (TPSA) is 55.4 Å². The fourth-order valence-corrected chi connectivity index (χ4v) is 1.63. The number of primary amides is 1. The van der Waals surface area contributed by atoms with E-state index in [1.165, 1.54) is 0 Å². The van der Waals surface area contributed by atoms with E-state index in [9.17, 15) is 4.79 Å². The van der Waals surface area contributed by atoms with E-state index in [0.29, 0.717) is 11.5 Å². The highest BCUT2D eigenvalue weighted by Gasteiger charge is 2.27. The van der Waals surface area contributed by atoms with Gasteiger partial charge in [0.1, 0.15) is 10.6 Å². The summed E-state index contributed by atoms with van der Waals surface area (Å²) in [5.41, 5.74) is 5.55. The Kier molecular flexibility index (Phi) is 1.72. The molecule has 0 aliphatic carbocycles. The van der Waals surface area contributed by atoms with Gasteiger partial charge in [-0.3, -0.25) is 9.79 Å². The lowest BCUT2D eigenvalue weighted by Crippen LogP contribution is -2.23. The average molecular weight is 158 g/mol. The predicted molar refractivity (Wildman–Crippen MR) is 43.2 cm³/mol. The van der Waals surface area contributed by atoms with Crippen LogP contribution in [-0.4, -0.2) is 22.2 Å². The van der Waals surface area contributed by atoms with Gasteiger partial charge in [-0.2, -0.15) is 0 Å². The molecule has 4 heteroatoms. The van der Waals surface area contributed by atoms with Crippen molar-refractivity contribution in [1.29, 1.82) is 0 Å². The summed E-state index contributed by atoms with van der Waals surface area (Å²) >= 11 is 1.63. The first kappa shape index (κ1) is 7.60. The maximum Gasteiger partial charge on any atom is 0.263 e. The van der Waals surface area contributed by atoms with Crippen LogP contribution >= 0.6 is 11.8 Å². The predicted octanol–water partition coefficient (Wildman–Crippen LogP) is 0.396. The third-order valence-corrected chi connectivity index (χ3v) is 2.47. The van der Waals surface area contributed by atoms with Crippen LogP contribution in [0.15, 0.2) is 4.99 Å². The van der Waals surface area contributed by atoms with E-state index >= 15 is 0 Å². The highest BCUT2D eigenvalue weighted by molar-refractivity contribution is 8.01. The van der Waals surface area contributed by atoms with Gasteiger partial charge in [0.2, 0.25) is 0 Å². The molecule has 0 spiro atoms. The Hall–Kier alpha value is -0.510. The van der Waals surface area contributed by atoms with Crippen LogP contribution in [0, 0.1) is 0 Å².